The van der Waals surface area contributed by atoms with Crippen LogP contribution in [0.4, 0.5) is 0 Å². The zero-order valence-electron chi connectivity index (χ0n) is 14.6. The summed E-state index contributed by atoms with van der Waals surface area (Å²) in [5, 5.41) is 4.60. The van der Waals surface area contributed by atoms with Gasteiger partial charge in [0.25, 0.3) is 5.91 Å². The molecule has 0 atom stereocenters. The Morgan fingerprint density at radius 3 is 2.62 bits per heavy atom. The largest absolute Gasteiger partial charge is 0.488 e. The highest BCUT2D eigenvalue weighted by atomic mass is 35.5. The fourth-order valence-corrected chi connectivity index (χ4v) is 2.65. The molecule has 134 valence electrons. The van der Waals surface area contributed by atoms with E-state index in [1.165, 1.54) is 0 Å². The summed E-state index contributed by atoms with van der Waals surface area (Å²) in [6.07, 6.45) is 0. The quantitative estimate of drug-likeness (QED) is 0.641. The smallest absolute Gasteiger partial charge is 0.257 e. The molecule has 3 rings (SSSR count). The Hall–Kier alpha value is -2.79. The molecule has 0 radical (unpaired) electrons. The summed E-state index contributed by atoms with van der Waals surface area (Å²) in [4.78, 5) is 14.4. The van der Waals surface area contributed by atoms with Crippen LogP contribution in [0, 0.1) is 6.92 Å². The molecule has 6 heteroatoms. The van der Waals surface area contributed by atoms with Crippen LogP contribution in [0.2, 0.25) is 5.02 Å². The molecule has 0 aliphatic rings. The average molecular weight is 371 g/mol. The summed E-state index contributed by atoms with van der Waals surface area (Å²) >= 11 is 5.90. The molecule has 3 aromatic rings. The third kappa shape index (κ3) is 4.43. The van der Waals surface area contributed by atoms with Gasteiger partial charge >= 0.3 is 0 Å². The lowest BCUT2D eigenvalue weighted by Crippen LogP contribution is -2.26. The topological polar surface area (TPSA) is 55.6 Å². The molecule has 0 saturated heterocycles. The first-order chi connectivity index (χ1) is 12.5. The van der Waals surface area contributed by atoms with E-state index in [1.54, 1.807) is 24.1 Å². The van der Waals surface area contributed by atoms with Gasteiger partial charge in [0.2, 0.25) is 0 Å². The van der Waals surface area contributed by atoms with Gasteiger partial charge in [-0.1, -0.05) is 41.0 Å². The highest BCUT2D eigenvalue weighted by Gasteiger charge is 2.18. The zero-order chi connectivity index (χ0) is 18.5. The van der Waals surface area contributed by atoms with Crippen molar-refractivity contribution in [3.05, 3.63) is 82.2 Å². The molecule has 1 aromatic heterocycles. The van der Waals surface area contributed by atoms with Gasteiger partial charge in [-0.2, -0.15) is 0 Å². The number of rotatable bonds is 6. The van der Waals surface area contributed by atoms with E-state index in [0.717, 1.165) is 5.56 Å². The van der Waals surface area contributed by atoms with Crippen LogP contribution in [0.15, 0.2) is 59.1 Å². The molecular formula is C20H19ClN2O3. The van der Waals surface area contributed by atoms with Gasteiger partial charge in [0.05, 0.1) is 12.1 Å². The number of benzene rings is 2. The Bertz CT molecular complexity index is 890. The van der Waals surface area contributed by atoms with Gasteiger partial charge in [-0.3, -0.25) is 4.79 Å². The van der Waals surface area contributed by atoms with E-state index >= 15 is 0 Å². The van der Waals surface area contributed by atoms with Crippen molar-refractivity contribution in [1.82, 2.24) is 10.1 Å². The van der Waals surface area contributed by atoms with Crippen LogP contribution in [0.1, 0.15) is 27.4 Å². The molecule has 0 bridgehead atoms. The number of amides is 1. The molecular weight excluding hydrogens is 352 g/mol. The summed E-state index contributed by atoms with van der Waals surface area (Å²) in [6, 6.07) is 16.4. The lowest BCUT2D eigenvalue weighted by Gasteiger charge is -2.18. The minimum atomic E-state index is -0.141. The molecule has 0 unspecified atom stereocenters. The van der Waals surface area contributed by atoms with E-state index in [2.05, 4.69) is 5.16 Å². The maximum atomic E-state index is 12.8. The minimum Gasteiger partial charge on any atom is -0.488 e. The van der Waals surface area contributed by atoms with Crippen LogP contribution in [-0.4, -0.2) is 23.0 Å². The van der Waals surface area contributed by atoms with Gasteiger partial charge in [0.15, 0.2) is 0 Å². The summed E-state index contributed by atoms with van der Waals surface area (Å²) in [5.74, 6) is 1.11. The molecule has 0 N–H and O–H groups in total. The van der Waals surface area contributed by atoms with Crippen molar-refractivity contribution in [2.24, 2.45) is 0 Å². The Kier molecular flexibility index (Phi) is 5.58. The normalized spacial score (nSPS) is 10.6. The number of aromatic nitrogens is 1. The first-order valence-corrected chi connectivity index (χ1v) is 8.54. The second kappa shape index (κ2) is 8.06. The lowest BCUT2D eigenvalue weighted by molar-refractivity contribution is 0.0777. The molecule has 0 aliphatic carbocycles. The predicted octanol–water partition coefficient (Wildman–Crippen LogP) is 4.49. The number of hydrogen-bond donors (Lipinski definition) is 0. The Morgan fingerprint density at radius 2 is 1.92 bits per heavy atom. The number of carbonyl (C=O) groups excluding carboxylic acids is 1. The number of hydrogen-bond acceptors (Lipinski definition) is 4. The van der Waals surface area contributed by atoms with Gasteiger partial charge in [-0.15, -0.1) is 0 Å². The molecule has 5 nitrogen and oxygen atoms in total. The van der Waals surface area contributed by atoms with E-state index in [1.807, 2.05) is 49.4 Å². The third-order valence-corrected chi connectivity index (χ3v) is 4.10. The van der Waals surface area contributed by atoms with Crippen molar-refractivity contribution in [2.75, 3.05) is 7.05 Å². The van der Waals surface area contributed by atoms with Crippen LogP contribution in [0.5, 0.6) is 5.75 Å². The van der Waals surface area contributed by atoms with Gasteiger partial charge < -0.3 is 14.2 Å². The predicted molar refractivity (Wildman–Crippen MR) is 99.3 cm³/mol. The number of ether oxygens (including phenoxy) is 1. The van der Waals surface area contributed by atoms with Gasteiger partial charge in [0.1, 0.15) is 23.8 Å². The third-order valence-electron chi connectivity index (χ3n) is 3.85. The number of carbonyl (C=O) groups is 1. The molecule has 0 saturated carbocycles. The standard InChI is InChI=1S/C20H19ClN2O3/c1-14-11-17(22-26-14)12-23(2)20(24)18-5-3-4-6-19(18)25-13-15-7-9-16(21)10-8-15/h3-11H,12-13H2,1-2H3. The second-order valence-corrected chi connectivity index (χ2v) is 6.44. The Labute approximate surface area is 157 Å². The monoisotopic (exact) mass is 370 g/mol. The van der Waals surface area contributed by atoms with Crippen LogP contribution in [0.25, 0.3) is 0 Å². The lowest BCUT2D eigenvalue weighted by atomic mass is 10.1. The molecule has 0 aliphatic heterocycles. The number of nitrogens with zero attached hydrogens (tertiary/aromatic N) is 2. The van der Waals surface area contributed by atoms with E-state index < -0.39 is 0 Å². The summed E-state index contributed by atoms with van der Waals surface area (Å²) in [5.41, 5.74) is 2.19. The van der Waals surface area contributed by atoms with Crippen molar-refractivity contribution in [3.8, 4) is 5.75 Å². The molecule has 0 fully saturated rings. The van der Waals surface area contributed by atoms with Crippen molar-refractivity contribution >= 4 is 17.5 Å². The maximum Gasteiger partial charge on any atom is 0.257 e. The van der Waals surface area contributed by atoms with Gasteiger partial charge in [-0.25, -0.2) is 0 Å². The number of para-hydroxylation sites is 1. The van der Waals surface area contributed by atoms with Crippen molar-refractivity contribution in [2.45, 2.75) is 20.1 Å². The zero-order valence-corrected chi connectivity index (χ0v) is 15.4. The van der Waals surface area contributed by atoms with Gasteiger partial charge in [-0.05, 0) is 36.8 Å². The fraction of sp³-hybridized carbons (Fsp3) is 0.200. The molecule has 2 aromatic carbocycles. The van der Waals surface area contributed by atoms with E-state index in [0.29, 0.717) is 40.9 Å². The maximum absolute atomic E-state index is 12.8. The number of aryl methyl sites for hydroxylation is 1. The average Bonchev–Trinajstić information content (AvgIpc) is 3.05. The van der Waals surface area contributed by atoms with Gasteiger partial charge in [0, 0.05) is 18.1 Å². The Balaban J connectivity index is 1.71. The van der Waals surface area contributed by atoms with E-state index in [-0.39, 0.29) is 5.91 Å². The van der Waals surface area contributed by atoms with E-state index in [9.17, 15) is 4.79 Å². The Morgan fingerprint density at radius 1 is 1.19 bits per heavy atom. The summed E-state index contributed by atoms with van der Waals surface area (Å²) in [7, 11) is 1.72. The highest BCUT2D eigenvalue weighted by Crippen LogP contribution is 2.22. The second-order valence-electron chi connectivity index (χ2n) is 6.00. The van der Waals surface area contributed by atoms with Crippen molar-refractivity contribution in [3.63, 3.8) is 0 Å². The van der Waals surface area contributed by atoms with Crippen molar-refractivity contribution < 1.29 is 14.1 Å². The van der Waals surface area contributed by atoms with Crippen LogP contribution in [-0.2, 0) is 13.2 Å². The molecule has 1 amide bonds. The minimum absolute atomic E-state index is 0.141. The number of halogens is 1. The molecule has 1 heterocycles. The van der Waals surface area contributed by atoms with Crippen LogP contribution in [0.3, 0.4) is 0 Å². The van der Waals surface area contributed by atoms with Crippen LogP contribution < -0.4 is 4.74 Å². The molecule has 26 heavy (non-hydrogen) atoms. The summed E-state index contributed by atoms with van der Waals surface area (Å²) in [6.45, 7) is 2.54. The molecule has 0 spiro atoms. The summed E-state index contributed by atoms with van der Waals surface area (Å²) < 4.78 is 10.9. The van der Waals surface area contributed by atoms with Crippen molar-refractivity contribution in [1.29, 1.82) is 0 Å². The van der Waals surface area contributed by atoms with E-state index in [4.69, 9.17) is 20.9 Å². The first-order valence-electron chi connectivity index (χ1n) is 8.17. The first kappa shape index (κ1) is 18.0. The fourth-order valence-electron chi connectivity index (χ4n) is 2.52. The van der Waals surface area contributed by atoms with Crippen LogP contribution >= 0.6 is 11.6 Å². The SMILES string of the molecule is Cc1cc(CN(C)C(=O)c2ccccc2OCc2ccc(Cl)cc2)no1. The highest BCUT2D eigenvalue weighted by molar-refractivity contribution is 6.30.